The molecule has 8 atom stereocenters. The second kappa shape index (κ2) is 6.07. The number of amides is 4. The van der Waals surface area contributed by atoms with E-state index in [1.54, 1.807) is 0 Å². The average molecular weight is 444 g/mol. The second-order valence-electron chi connectivity index (χ2n) is 10.1. The number of nitrogens with zero attached hydrogens (tertiary/aromatic N) is 2. The monoisotopic (exact) mass is 444 g/mol. The molecule has 2 saturated heterocycles. The molecule has 8 heteroatoms. The van der Waals surface area contributed by atoms with Crippen molar-refractivity contribution in [2.75, 3.05) is 9.80 Å². The molecule has 7 rings (SSSR count). The maximum atomic E-state index is 13.3. The molecular formula is C25H20N2O6. The van der Waals surface area contributed by atoms with E-state index in [-0.39, 0.29) is 64.2 Å². The minimum atomic E-state index is -1.26. The number of imide groups is 2. The molecule has 0 unspecified atom stereocenters. The van der Waals surface area contributed by atoms with Gasteiger partial charge in [-0.05, 0) is 54.7 Å². The number of carboxylic acids is 1. The topological polar surface area (TPSA) is 112 Å². The number of fused-ring (bicyclic) bond motifs is 10. The molecule has 1 N–H and O–H groups in total. The number of carbonyl (C=O) groups is 5. The Labute approximate surface area is 188 Å². The van der Waals surface area contributed by atoms with Crippen LogP contribution in [0.4, 0.5) is 11.4 Å². The first-order valence-corrected chi connectivity index (χ1v) is 11.4. The molecule has 2 heterocycles. The van der Waals surface area contributed by atoms with Gasteiger partial charge in [0, 0.05) is 0 Å². The highest BCUT2D eigenvalue weighted by Gasteiger charge is 2.61. The third-order valence-corrected chi connectivity index (χ3v) is 8.61. The van der Waals surface area contributed by atoms with Gasteiger partial charge in [0.05, 0.1) is 40.6 Å². The van der Waals surface area contributed by atoms with Crippen LogP contribution in [0.3, 0.4) is 0 Å². The summed E-state index contributed by atoms with van der Waals surface area (Å²) in [5, 5.41) is 9.70. The van der Waals surface area contributed by atoms with E-state index in [1.165, 1.54) is 18.2 Å². The first-order chi connectivity index (χ1) is 15.8. The highest BCUT2D eigenvalue weighted by Crippen LogP contribution is 2.55. The van der Waals surface area contributed by atoms with Gasteiger partial charge in [0.1, 0.15) is 0 Å². The van der Waals surface area contributed by atoms with Crippen molar-refractivity contribution < 1.29 is 29.1 Å². The van der Waals surface area contributed by atoms with E-state index in [4.69, 9.17) is 0 Å². The summed E-state index contributed by atoms with van der Waals surface area (Å²) in [6, 6.07) is 3.98. The molecule has 0 radical (unpaired) electrons. The summed E-state index contributed by atoms with van der Waals surface area (Å²) < 4.78 is 0. The Hall–Kier alpha value is -3.55. The van der Waals surface area contributed by atoms with Crippen molar-refractivity contribution in [3.05, 3.63) is 48.1 Å². The number of aromatic carboxylic acids is 1. The third-order valence-electron chi connectivity index (χ3n) is 8.61. The highest BCUT2D eigenvalue weighted by atomic mass is 16.4. The second-order valence-corrected chi connectivity index (χ2v) is 10.1. The SMILES string of the molecule is O=C(O)c1cc(N2C(=O)[C@@H]3[C@@H](C2=O)[C@H]2C=C[C@@H]3C2)cc(N2C(=O)[C@@H]3[C@H](C2=O)[C@H]2C=C[C@H]3C2)c1. The molecule has 33 heavy (non-hydrogen) atoms. The first-order valence-electron chi connectivity index (χ1n) is 11.4. The van der Waals surface area contributed by atoms with Crippen LogP contribution in [-0.4, -0.2) is 34.7 Å². The maximum absolute atomic E-state index is 13.3. The van der Waals surface area contributed by atoms with Gasteiger partial charge in [0.15, 0.2) is 0 Å². The van der Waals surface area contributed by atoms with Crippen LogP contribution in [0.25, 0.3) is 0 Å². The van der Waals surface area contributed by atoms with Crippen LogP contribution in [0, 0.1) is 47.3 Å². The van der Waals surface area contributed by atoms with Gasteiger partial charge in [-0.15, -0.1) is 0 Å². The fourth-order valence-electron chi connectivity index (χ4n) is 7.29. The molecule has 4 bridgehead atoms. The molecule has 4 amide bonds. The van der Waals surface area contributed by atoms with Gasteiger partial charge < -0.3 is 5.11 Å². The lowest BCUT2D eigenvalue weighted by Crippen LogP contribution is -2.35. The van der Waals surface area contributed by atoms with Crippen molar-refractivity contribution in [1.29, 1.82) is 0 Å². The summed E-state index contributed by atoms with van der Waals surface area (Å²) in [5.41, 5.74) is 0.0277. The molecule has 166 valence electrons. The Morgan fingerprint density at radius 1 is 0.636 bits per heavy atom. The fraction of sp³-hybridized carbons (Fsp3) is 0.400. The molecule has 0 aromatic heterocycles. The lowest BCUT2D eigenvalue weighted by atomic mass is 9.85. The molecule has 6 aliphatic rings. The van der Waals surface area contributed by atoms with Gasteiger partial charge in [-0.25, -0.2) is 14.6 Å². The molecule has 1 aromatic carbocycles. The number of rotatable bonds is 3. The minimum Gasteiger partial charge on any atom is -0.478 e. The quantitative estimate of drug-likeness (QED) is 0.564. The summed E-state index contributed by atoms with van der Waals surface area (Å²) in [4.78, 5) is 67.0. The predicted molar refractivity (Wildman–Crippen MR) is 114 cm³/mol. The van der Waals surface area contributed by atoms with Gasteiger partial charge in [-0.2, -0.15) is 0 Å². The lowest BCUT2D eigenvalue weighted by molar-refractivity contribution is -0.124. The number of anilines is 2. The lowest BCUT2D eigenvalue weighted by Gasteiger charge is -2.22. The number of allylic oxidation sites excluding steroid dienone is 4. The van der Waals surface area contributed by atoms with Crippen LogP contribution >= 0.6 is 0 Å². The van der Waals surface area contributed by atoms with Gasteiger partial charge >= 0.3 is 5.97 Å². The van der Waals surface area contributed by atoms with Gasteiger partial charge in [-0.1, -0.05) is 24.3 Å². The number of carboxylic acid groups (broad SMARTS) is 1. The molecule has 1 aromatic rings. The standard InChI is InChI=1S/C25H20N2O6/c28-21-17-10-1-2-11(5-10)18(17)22(29)26(21)15-7-14(25(32)33)8-16(9-15)27-23(30)19-12-3-4-13(6-12)20(19)24(27)31/h1-4,7-13,17-20H,5-6H2,(H,32,33)/t10-,11-,12-,13+,17-,18+,19-,20-/m0/s1. The smallest absolute Gasteiger partial charge is 0.335 e. The van der Waals surface area contributed by atoms with Gasteiger partial charge in [0.25, 0.3) is 0 Å². The fourth-order valence-corrected chi connectivity index (χ4v) is 7.29. The van der Waals surface area contributed by atoms with Crippen LogP contribution in [0.15, 0.2) is 42.5 Å². The Morgan fingerprint density at radius 3 is 1.27 bits per heavy atom. The zero-order valence-corrected chi connectivity index (χ0v) is 17.5. The van der Waals surface area contributed by atoms with E-state index in [0.717, 1.165) is 22.6 Å². The molecule has 4 fully saturated rings. The van der Waals surface area contributed by atoms with Crippen molar-refractivity contribution in [3.63, 3.8) is 0 Å². The van der Waals surface area contributed by atoms with Crippen molar-refractivity contribution in [3.8, 4) is 0 Å². The summed E-state index contributed by atoms with van der Waals surface area (Å²) in [5.74, 6) is -4.26. The maximum Gasteiger partial charge on any atom is 0.335 e. The van der Waals surface area contributed by atoms with E-state index in [0.29, 0.717) is 0 Å². The molecule has 0 spiro atoms. The number of carbonyl (C=O) groups excluding carboxylic acids is 4. The van der Waals surface area contributed by atoms with Crippen molar-refractivity contribution >= 4 is 41.0 Å². The van der Waals surface area contributed by atoms with E-state index in [1.807, 2.05) is 24.3 Å². The number of hydrogen-bond donors (Lipinski definition) is 1. The van der Waals surface area contributed by atoms with E-state index in [9.17, 15) is 29.1 Å². The zero-order chi connectivity index (χ0) is 22.8. The van der Waals surface area contributed by atoms with Crippen LogP contribution in [0.5, 0.6) is 0 Å². The van der Waals surface area contributed by atoms with Crippen molar-refractivity contribution in [1.82, 2.24) is 0 Å². The van der Waals surface area contributed by atoms with Crippen LogP contribution in [0.1, 0.15) is 23.2 Å². The van der Waals surface area contributed by atoms with Crippen molar-refractivity contribution in [2.45, 2.75) is 12.8 Å². The normalized spacial score (nSPS) is 39.4. The van der Waals surface area contributed by atoms with Crippen LogP contribution in [-0.2, 0) is 19.2 Å². The van der Waals surface area contributed by atoms with Crippen molar-refractivity contribution in [2.24, 2.45) is 47.3 Å². The first kappa shape index (κ1) is 19.0. The van der Waals surface area contributed by atoms with Gasteiger partial charge in [0.2, 0.25) is 23.6 Å². The zero-order valence-electron chi connectivity index (χ0n) is 17.5. The largest absolute Gasteiger partial charge is 0.478 e. The molecule has 4 aliphatic carbocycles. The average Bonchev–Trinajstić information content (AvgIpc) is 3.61. The minimum absolute atomic E-state index is 0.0210. The summed E-state index contributed by atoms with van der Waals surface area (Å²) in [6.07, 6.45) is 9.53. The Balaban J connectivity index is 1.30. The predicted octanol–water partition coefficient (Wildman–Crippen LogP) is 2.01. The molecule has 8 nitrogen and oxygen atoms in total. The summed E-state index contributed by atoms with van der Waals surface area (Å²) in [7, 11) is 0. The molecular weight excluding hydrogens is 424 g/mol. The molecule has 2 saturated carbocycles. The van der Waals surface area contributed by atoms with Crippen LogP contribution < -0.4 is 9.80 Å². The Kier molecular flexibility index (Phi) is 3.49. The Bertz CT molecular complexity index is 1120. The van der Waals surface area contributed by atoms with E-state index >= 15 is 0 Å². The Morgan fingerprint density at radius 2 is 0.970 bits per heavy atom. The van der Waals surface area contributed by atoms with Crippen LogP contribution in [0.2, 0.25) is 0 Å². The number of benzene rings is 1. The summed E-state index contributed by atoms with van der Waals surface area (Å²) in [6.45, 7) is 0. The molecule has 2 aliphatic heterocycles. The number of hydrogen-bond acceptors (Lipinski definition) is 5. The van der Waals surface area contributed by atoms with Gasteiger partial charge in [-0.3, -0.25) is 19.2 Å². The third kappa shape index (κ3) is 2.23. The van der Waals surface area contributed by atoms with E-state index in [2.05, 4.69) is 0 Å². The summed E-state index contributed by atoms with van der Waals surface area (Å²) >= 11 is 0. The van der Waals surface area contributed by atoms with E-state index < -0.39 is 29.6 Å². The highest BCUT2D eigenvalue weighted by molar-refractivity contribution is 6.25.